The van der Waals surface area contributed by atoms with Gasteiger partial charge in [-0.3, -0.25) is 0 Å². The van der Waals surface area contributed by atoms with Gasteiger partial charge in [-0.2, -0.15) is 0 Å². The third-order valence-corrected chi connectivity index (χ3v) is 3.48. The summed E-state index contributed by atoms with van der Waals surface area (Å²) < 4.78 is 0. The summed E-state index contributed by atoms with van der Waals surface area (Å²) in [7, 11) is 0. The van der Waals surface area contributed by atoms with Crippen LogP contribution in [0.2, 0.25) is 0 Å². The van der Waals surface area contributed by atoms with E-state index in [9.17, 15) is 0 Å². The third kappa shape index (κ3) is 2.62. The van der Waals surface area contributed by atoms with Gasteiger partial charge in [-0.1, -0.05) is 51.0 Å². The van der Waals surface area contributed by atoms with Crippen LogP contribution < -0.4 is 0 Å². The lowest BCUT2D eigenvalue weighted by molar-refractivity contribution is 0.628. The maximum atomic E-state index is 2.35. The molecule has 82 valence electrons. The normalized spacial score (nSPS) is 17.5. The van der Waals surface area contributed by atoms with Crippen molar-refractivity contribution in [2.45, 2.75) is 51.9 Å². The highest BCUT2D eigenvalue weighted by atomic mass is 14.2. The first kappa shape index (κ1) is 10.7. The first-order chi connectivity index (χ1) is 7.27. The Morgan fingerprint density at radius 1 is 1.13 bits per heavy atom. The van der Waals surface area contributed by atoms with Crippen molar-refractivity contribution < 1.29 is 0 Å². The Hall–Kier alpha value is -0.780. The van der Waals surface area contributed by atoms with Crippen molar-refractivity contribution in [2.24, 2.45) is 5.92 Å². The fourth-order valence-corrected chi connectivity index (χ4v) is 2.80. The van der Waals surface area contributed by atoms with Gasteiger partial charge < -0.3 is 0 Å². The fourth-order valence-electron chi connectivity index (χ4n) is 2.80. The van der Waals surface area contributed by atoms with Crippen LogP contribution in [0.25, 0.3) is 0 Å². The van der Waals surface area contributed by atoms with E-state index >= 15 is 0 Å². The molecule has 0 radical (unpaired) electrons. The molecule has 0 bridgehead atoms. The Labute approximate surface area is 93.7 Å². The second-order valence-corrected chi connectivity index (χ2v) is 5.28. The van der Waals surface area contributed by atoms with E-state index in [-0.39, 0.29) is 0 Å². The lowest BCUT2D eigenvalue weighted by Crippen LogP contribution is -2.02. The van der Waals surface area contributed by atoms with E-state index in [0.717, 1.165) is 11.8 Å². The highest BCUT2D eigenvalue weighted by Crippen LogP contribution is 2.36. The molecule has 0 aliphatic heterocycles. The van der Waals surface area contributed by atoms with Gasteiger partial charge in [-0.25, -0.2) is 0 Å². The van der Waals surface area contributed by atoms with Gasteiger partial charge >= 0.3 is 0 Å². The molecule has 0 saturated heterocycles. The second kappa shape index (κ2) is 4.83. The SMILES string of the molecule is CC(C)Cc1ccccc1C1CCCC1. The molecule has 1 aromatic rings. The van der Waals surface area contributed by atoms with Gasteiger partial charge in [0.25, 0.3) is 0 Å². The Bertz CT molecular complexity index is 306. The van der Waals surface area contributed by atoms with Crippen molar-refractivity contribution in [3.05, 3.63) is 35.4 Å². The van der Waals surface area contributed by atoms with Crippen LogP contribution in [-0.2, 0) is 6.42 Å². The minimum atomic E-state index is 0.771. The second-order valence-electron chi connectivity index (χ2n) is 5.28. The topological polar surface area (TPSA) is 0 Å². The molecule has 1 aliphatic carbocycles. The number of hydrogen-bond acceptors (Lipinski definition) is 0. The molecule has 1 saturated carbocycles. The van der Waals surface area contributed by atoms with Gasteiger partial charge in [0.05, 0.1) is 0 Å². The van der Waals surface area contributed by atoms with Gasteiger partial charge in [0.15, 0.2) is 0 Å². The van der Waals surface area contributed by atoms with Gasteiger partial charge in [-0.15, -0.1) is 0 Å². The maximum absolute atomic E-state index is 2.35. The highest BCUT2D eigenvalue weighted by Gasteiger charge is 2.19. The van der Waals surface area contributed by atoms with E-state index < -0.39 is 0 Å². The average Bonchev–Trinajstić information content (AvgIpc) is 2.70. The van der Waals surface area contributed by atoms with E-state index in [2.05, 4.69) is 38.1 Å². The molecule has 0 amide bonds. The summed E-state index contributed by atoms with van der Waals surface area (Å²) in [5.41, 5.74) is 3.24. The zero-order valence-electron chi connectivity index (χ0n) is 10.00. The van der Waals surface area contributed by atoms with Crippen molar-refractivity contribution in [1.82, 2.24) is 0 Å². The summed E-state index contributed by atoms with van der Waals surface area (Å²) in [5, 5.41) is 0. The van der Waals surface area contributed by atoms with Gasteiger partial charge in [0, 0.05) is 0 Å². The smallest absolute Gasteiger partial charge is 0.0159 e. The monoisotopic (exact) mass is 202 g/mol. The Kier molecular flexibility index (Phi) is 3.45. The molecule has 0 spiro atoms. The van der Waals surface area contributed by atoms with Crippen LogP contribution in [0.15, 0.2) is 24.3 Å². The summed E-state index contributed by atoms with van der Waals surface area (Å²) in [6.07, 6.45) is 6.93. The molecule has 1 fully saturated rings. The van der Waals surface area contributed by atoms with Gasteiger partial charge in [0.2, 0.25) is 0 Å². The Morgan fingerprint density at radius 2 is 1.80 bits per heavy atom. The average molecular weight is 202 g/mol. The quantitative estimate of drug-likeness (QED) is 0.675. The molecule has 0 atom stereocenters. The predicted molar refractivity (Wildman–Crippen MR) is 66.2 cm³/mol. The first-order valence-corrected chi connectivity index (χ1v) is 6.35. The summed E-state index contributed by atoms with van der Waals surface area (Å²) >= 11 is 0. The van der Waals surface area contributed by atoms with Crippen LogP contribution in [0.5, 0.6) is 0 Å². The number of benzene rings is 1. The van der Waals surface area contributed by atoms with E-state index in [1.807, 2.05) is 0 Å². The summed E-state index contributed by atoms with van der Waals surface area (Å²) in [6, 6.07) is 9.08. The molecule has 2 rings (SSSR count). The Balaban J connectivity index is 2.20. The van der Waals surface area contributed by atoms with Crippen LogP contribution >= 0.6 is 0 Å². The summed E-state index contributed by atoms with van der Waals surface area (Å²) in [4.78, 5) is 0. The lowest BCUT2D eigenvalue weighted by atomic mass is 9.89. The van der Waals surface area contributed by atoms with Crippen molar-refractivity contribution in [1.29, 1.82) is 0 Å². The largest absolute Gasteiger partial charge is 0.0625 e. The van der Waals surface area contributed by atoms with Gasteiger partial charge in [0.1, 0.15) is 0 Å². The molecule has 1 aromatic carbocycles. The van der Waals surface area contributed by atoms with E-state index in [0.29, 0.717) is 0 Å². The molecule has 15 heavy (non-hydrogen) atoms. The standard InChI is InChI=1S/C15H22/c1-12(2)11-14-9-5-6-10-15(14)13-7-3-4-8-13/h5-6,9-10,12-13H,3-4,7-8,11H2,1-2H3. The van der Waals surface area contributed by atoms with E-state index in [1.54, 1.807) is 11.1 Å². The van der Waals surface area contributed by atoms with Crippen LogP contribution in [0.3, 0.4) is 0 Å². The first-order valence-electron chi connectivity index (χ1n) is 6.35. The van der Waals surface area contributed by atoms with Crippen LogP contribution in [-0.4, -0.2) is 0 Å². The molecule has 0 aromatic heterocycles. The zero-order valence-corrected chi connectivity index (χ0v) is 10.00. The highest BCUT2D eigenvalue weighted by molar-refractivity contribution is 5.31. The molecular formula is C15H22. The van der Waals surface area contributed by atoms with Crippen LogP contribution in [0.1, 0.15) is 56.6 Å². The third-order valence-electron chi connectivity index (χ3n) is 3.48. The molecule has 0 N–H and O–H groups in total. The molecule has 0 unspecified atom stereocenters. The van der Waals surface area contributed by atoms with Gasteiger partial charge in [-0.05, 0) is 42.2 Å². The van der Waals surface area contributed by atoms with Crippen molar-refractivity contribution in [3.8, 4) is 0 Å². The van der Waals surface area contributed by atoms with Crippen molar-refractivity contribution >= 4 is 0 Å². The summed E-state index contributed by atoms with van der Waals surface area (Å²) in [5.74, 6) is 1.63. The number of hydrogen-bond donors (Lipinski definition) is 0. The number of rotatable bonds is 3. The van der Waals surface area contributed by atoms with Crippen LogP contribution in [0, 0.1) is 5.92 Å². The minimum Gasteiger partial charge on any atom is -0.0625 e. The van der Waals surface area contributed by atoms with E-state index in [4.69, 9.17) is 0 Å². The predicted octanol–water partition coefficient (Wildman–Crippen LogP) is 4.54. The fraction of sp³-hybridized carbons (Fsp3) is 0.600. The molecule has 0 nitrogen and oxygen atoms in total. The molecule has 1 aliphatic rings. The maximum Gasteiger partial charge on any atom is -0.0159 e. The van der Waals surface area contributed by atoms with E-state index in [1.165, 1.54) is 32.1 Å². The van der Waals surface area contributed by atoms with Crippen molar-refractivity contribution in [2.75, 3.05) is 0 Å². The summed E-state index contributed by atoms with van der Waals surface area (Å²) in [6.45, 7) is 4.62. The zero-order chi connectivity index (χ0) is 10.7. The minimum absolute atomic E-state index is 0.771. The molecular weight excluding hydrogens is 180 g/mol. The van der Waals surface area contributed by atoms with Crippen LogP contribution in [0.4, 0.5) is 0 Å². The lowest BCUT2D eigenvalue weighted by Gasteiger charge is -2.16. The molecule has 0 heterocycles. The molecule has 0 heteroatoms. The Morgan fingerprint density at radius 3 is 2.47 bits per heavy atom. The van der Waals surface area contributed by atoms with Crippen molar-refractivity contribution in [3.63, 3.8) is 0 Å².